The zero-order valence-corrected chi connectivity index (χ0v) is 10.2. The van der Waals surface area contributed by atoms with Crippen molar-refractivity contribution in [1.82, 2.24) is 10.6 Å². The van der Waals surface area contributed by atoms with Gasteiger partial charge >= 0.3 is 0 Å². The summed E-state index contributed by atoms with van der Waals surface area (Å²) >= 11 is 0. The summed E-state index contributed by atoms with van der Waals surface area (Å²) in [5.74, 6) is -0.302. The predicted molar refractivity (Wildman–Crippen MR) is 63.8 cm³/mol. The first kappa shape index (κ1) is 14.9. The molecule has 0 aliphatic carbocycles. The summed E-state index contributed by atoms with van der Waals surface area (Å²) in [4.78, 5) is 22.7. The molecule has 0 aliphatic heterocycles. The standard InChI is InChI=1S/C11H23N3O2/c1-3-7-13-10(15)8-14-11(16)9(2)5-4-6-12/h9H,3-8,12H2,1-2H3,(H,13,15)(H,14,16). The Kier molecular flexibility index (Phi) is 8.52. The van der Waals surface area contributed by atoms with Crippen LogP contribution >= 0.6 is 0 Å². The third-order valence-corrected chi connectivity index (χ3v) is 2.28. The third kappa shape index (κ3) is 7.23. The minimum absolute atomic E-state index is 0.0613. The fourth-order valence-electron chi connectivity index (χ4n) is 1.22. The van der Waals surface area contributed by atoms with Gasteiger partial charge in [0, 0.05) is 12.5 Å². The molecule has 4 N–H and O–H groups in total. The maximum Gasteiger partial charge on any atom is 0.239 e. The predicted octanol–water partition coefficient (Wildman–Crippen LogP) is 0.00380. The molecule has 0 aromatic carbocycles. The molecule has 0 aliphatic rings. The zero-order valence-electron chi connectivity index (χ0n) is 10.2. The fraction of sp³-hybridized carbons (Fsp3) is 0.818. The number of amides is 2. The van der Waals surface area contributed by atoms with E-state index in [1.807, 2.05) is 13.8 Å². The summed E-state index contributed by atoms with van der Waals surface area (Å²) in [7, 11) is 0. The van der Waals surface area contributed by atoms with E-state index in [4.69, 9.17) is 5.73 Å². The van der Waals surface area contributed by atoms with Crippen LogP contribution in [0.5, 0.6) is 0 Å². The van der Waals surface area contributed by atoms with Crippen LogP contribution in [-0.2, 0) is 9.59 Å². The lowest BCUT2D eigenvalue weighted by molar-refractivity contribution is -0.128. The van der Waals surface area contributed by atoms with Crippen LogP contribution in [0.2, 0.25) is 0 Å². The molecule has 94 valence electrons. The first-order valence-corrected chi connectivity index (χ1v) is 5.86. The number of carbonyl (C=O) groups is 2. The van der Waals surface area contributed by atoms with Crippen molar-refractivity contribution in [2.45, 2.75) is 33.1 Å². The van der Waals surface area contributed by atoms with Crippen LogP contribution in [-0.4, -0.2) is 31.4 Å². The van der Waals surface area contributed by atoms with E-state index in [0.29, 0.717) is 13.1 Å². The Morgan fingerprint density at radius 2 is 2.00 bits per heavy atom. The first-order valence-electron chi connectivity index (χ1n) is 5.86. The summed E-state index contributed by atoms with van der Waals surface area (Å²) in [5, 5.41) is 5.30. The highest BCUT2D eigenvalue weighted by atomic mass is 16.2. The molecule has 5 heteroatoms. The number of rotatable bonds is 8. The van der Waals surface area contributed by atoms with Gasteiger partial charge in [0.2, 0.25) is 11.8 Å². The SMILES string of the molecule is CCCNC(=O)CNC(=O)C(C)CCCN. The second-order valence-corrected chi connectivity index (χ2v) is 3.90. The molecule has 0 saturated carbocycles. The van der Waals surface area contributed by atoms with Crippen LogP contribution in [0.1, 0.15) is 33.1 Å². The van der Waals surface area contributed by atoms with Crippen molar-refractivity contribution in [3.63, 3.8) is 0 Å². The van der Waals surface area contributed by atoms with E-state index >= 15 is 0 Å². The van der Waals surface area contributed by atoms with E-state index in [1.165, 1.54) is 0 Å². The molecule has 2 amide bonds. The highest BCUT2D eigenvalue weighted by molar-refractivity contribution is 5.85. The lowest BCUT2D eigenvalue weighted by Crippen LogP contribution is -2.39. The van der Waals surface area contributed by atoms with Gasteiger partial charge in [0.1, 0.15) is 0 Å². The largest absolute Gasteiger partial charge is 0.355 e. The zero-order chi connectivity index (χ0) is 12.4. The smallest absolute Gasteiger partial charge is 0.239 e. The molecule has 1 unspecified atom stereocenters. The van der Waals surface area contributed by atoms with Crippen molar-refractivity contribution in [3.8, 4) is 0 Å². The van der Waals surface area contributed by atoms with Gasteiger partial charge in [0.15, 0.2) is 0 Å². The lowest BCUT2D eigenvalue weighted by Gasteiger charge is -2.11. The number of carbonyl (C=O) groups excluding carboxylic acids is 2. The molecular formula is C11H23N3O2. The molecule has 0 saturated heterocycles. The highest BCUT2D eigenvalue weighted by Crippen LogP contribution is 2.03. The highest BCUT2D eigenvalue weighted by Gasteiger charge is 2.12. The Hall–Kier alpha value is -1.10. The molecule has 16 heavy (non-hydrogen) atoms. The van der Waals surface area contributed by atoms with Gasteiger partial charge in [-0.1, -0.05) is 13.8 Å². The van der Waals surface area contributed by atoms with Gasteiger partial charge in [-0.15, -0.1) is 0 Å². The summed E-state index contributed by atoms with van der Waals surface area (Å²) in [6.07, 6.45) is 2.49. The van der Waals surface area contributed by atoms with Crippen LogP contribution in [0.4, 0.5) is 0 Å². The van der Waals surface area contributed by atoms with Crippen LogP contribution in [0.3, 0.4) is 0 Å². The molecule has 0 aromatic rings. The Labute approximate surface area is 97.2 Å². The van der Waals surface area contributed by atoms with Gasteiger partial charge in [-0.05, 0) is 25.8 Å². The Morgan fingerprint density at radius 1 is 1.31 bits per heavy atom. The Balaban J connectivity index is 3.66. The quantitative estimate of drug-likeness (QED) is 0.548. The molecule has 1 atom stereocenters. The molecule has 0 fully saturated rings. The van der Waals surface area contributed by atoms with Gasteiger partial charge in [-0.3, -0.25) is 9.59 Å². The average molecular weight is 229 g/mol. The Morgan fingerprint density at radius 3 is 2.56 bits per heavy atom. The normalized spacial score (nSPS) is 11.9. The molecular weight excluding hydrogens is 206 g/mol. The minimum atomic E-state index is -0.138. The van der Waals surface area contributed by atoms with E-state index in [0.717, 1.165) is 19.3 Å². The molecule has 0 bridgehead atoms. The molecule has 0 aromatic heterocycles. The van der Waals surface area contributed by atoms with Gasteiger partial charge in [-0.25, -0.2) is 0 Å². The van der Waals surface area contributed by atoms with Crippen molar-refractivity contribution in [3.05, 3.63) is 0 Å². The van der Waals surface area contributed by atoms with Crippen molar-refractivity contribution in [1.29, 1.82) is 0 Å². The van der Waals surface area contributed by atoms with Crippen LogP contribution in [0, 0.1) is 5.92 Å². The summed E-state index contributed by atoms with van der Waals surface area (Å²) < 4.78 is 0. The average Bonchev–Trinajstić information content (AvgIpc) is 2.30. The number of hydrogen-bond acceptors (Lipinski definition) is 3. The van der Waals surface area contributed by atoms with E-state index in [1.54, 1.807) is 0 Å². The van der Waals surface area contributed by atoms with Crippen molar-refractivity contribution >= 4 is 11.8 Å². The van der Waals surface area contributed by atoms with Crippen molar-refractivity contribution < 1.29 is 9.59 Å². The van der Waals surface area contributed by atoms with Crippen LogP contribution in [0.15, 0.2) is 0 Å². The molecule has 0 spiro atoms. The van der Waals surface area contributed by atoms with E-state index < -0.39 is 0 Å². The number of nitrogens with one attached hydrogen (secondary N) is 2. The van der Waals surface area contributed by atoms with E-state index in [-0.39, 0.29) is 24.3 Å². The number of nitrogens with two attached hydrogens (primary N) is 1. The van der Waals surface area contributed by atoms with Gasteiger partial charge < -0.3 is 16.4 Å². The second kappa shape index (κ2) is 9.15. The van der Waals surface area contributed by atoms with Crippen molar-refractivity contribution in [2.24, 2.45) is 11.7 Å². The van der Waals surface area contributed by atoms with Gasteiger partial charge in [0.25, 0.3) is 0 Å². The molecule has 0 rings (SSSR count). The van der Waals surface area contributed by atoms with Crippen LogP contribution < -0.4 is 16.4 Å². The molecule has 0 radical (unpaired) electrons. The second-order valence-electron chi connectivity index (χ2n) is 3.90. The summed E-state index contributed by atoms with van der Waals surface area (Å²) in [5.41, 5.74) is 5.36. The van der Waals surface area contributed by atoms with E-state index in [2.05, 4.69) is 10.6 Å². The first-order chi connectivity index (χ1) is 7.61. The number of hydrogen-bond donors (Lipinski definition) is 3. The van der Waals surface area contributed by atoms with Gasteiger partial charge in [0.05, 0.1) is 6.54 Å². The summed E-state index contributed by atoms with van der Waals surface area (Å²) in [6, 6.07) is 0. The lowest BCUT2D eigenvalue weighted by atomic mass is 10.1. The molecule has 0 heterocycles. The minimum Gasteiger partial charge on any atom is -0.355 e. The van der Waals surface area contributed by atoms with Crippen LogP contribution in [0.25, 0.3) is 0 Å². The fourth-order valence-corrected chi connectivity index (χ4v) is 1.22. The topological polar surface area (TPSA) is 84.2 Å². The maximum absolute atomic E-state index is 11.5. The van der Waals surface area contributed by atoms with E-state index in [9.17, 15) is 9.59 Å². The Bertz CT molecular complexity index is 219. The van der Waals surface area contributed by atoms with Gasteiger partial charge in [-0.2, -0.15) is 0 Å². The molecule has 5 nitrogen and oxygen atoms in total. The third-order valence-electron chi connectivity index (χ3n) is 2.28. The maximum atomic E-state index is 11.5. The monoisotopic (exact) mass is 229 g/mol. The van der Waals surface area contributed by atoms with Crippen molar-refractivity contribution in [2.75, 3.05) is 19.6 Å². The summed E-state index contributed by atoms with van der Waals surface area (Å²) in [6.45, 7) is 5.13.